The molecule has 1 heterocycles. The van der Waals surface area contributed by atoms with Crippen molar-refractivity contribution in [3.05, 3.63) is 18.2 Å². The molecular formula is C15H21N3O. The maximum absolute atomic E-state index is 5.75. The van der Waals surface area contributed by atoms with Gasteiger partial charge >= 0.3 is 0 Å². The zero-order valence-electron chi connectivity index (χ0n) is 11.2. The summed E-state index contributed by atoms with van der Waals surface area (Å²) in [6, 6.07) is 6.14. The number of hydrogen-bond donors (Lipinski definition) is 2. The lowest BCUT2D eigenvalue weighted by molar-refractivity contribution is 0.371. The molecule has 1 fully saturated rings. The van der Waals surface area contributed by atoms with Crippen LogP contribution < -0.4 is 15.8 Å². The molecule has 0 unspecified atom stereocenters. The average Bonchev–Trinajstić information content (AvgIpc) is 2.68. The molecule has 0 saturated heterocycles. The first-order chi connectivity index (χ1) is 9.31. The summed E-state index contributed by atoms with van der Waals surface area (Å²) in [4.78, 5) is 4.83. The van der Waals surface area contributed by atoms with E-state index in [0.717, 1.165) is 23.0 Å². The van der Waals surface area contributed by atoms with Crippen LogP contribution in [-0.4, -0.2) is 18.5 Å². The Morgan fingerprint density at radius 3 is 2.74 bits per heavy atom. The molecule has 1 aromatic carbocycles. The normalized spacial score (nSPS) is 22.2. The number of aliphatic imine (C=N–C) groups is 1. The van der Waals surface area contributed by atoms with Crippen LogP contribution in [0.2, 0.25) is 0 Å². The number of amidine groups is 1. The van der Waals surface area contributed by atoms with Crippen molar-refractivity contribution in [2.24, 2.45) is 4.99 Å². The van der Waals surface area contributed by atoms with E-state index in [9.17, 15) is 0 Å². The van der Waals surface area contributed by atoms with Gasteiger partial charge in [-0.1, -0.05) is 25.7 Å². The van der Waals surface area contributed by atoms with Gasteiger partial charge in [0.2, 0.25) is 0 Å². The molecule has 102 valence electrons. The van der Waals surface area contributed by atoms with Crippen LogP contribution in [0.4, 0.5) is 11.4 Å². The summed E-state index contributed by atoms with van der Waals surface area (Å²) >= 11 is 0. The molecule has 2 aliphatic rings. The van der Waals surface area contributed by atoms with E-state index in [1.54, 1.807) is 0 Å². The number of nitrogen functional groups attached to an aromatic ring is 1. The first kappa shape index (κ1) is 12.3. The van der Waals surface area contributed by atoms with E-state index in [1.165, 1.54) is 38.5 Å². The Balaban J connectivity index is 1.72. The molecule has 19 heavy (non-hydrogen) atoms. The third kappa shape index (κ3) is 3.00. The Kier molecular flexibility index (Phi) is 3.58. The van der Waals surface area contributed by atoms with E-state index in [2.05, 4.69) is 5.32 Å². The number of ether oxygens (including phenoxy) is 1. The van der Waals surface area contributed by atoms with E-state index < -0.39 is 0 Å². The van der Waals surface area contributed by atoms with Crippen LogP contribution >= 0.6 is 0 Å². The fourth-order valence-corrected chi connectivity index (χ4v) is 2.78. The predicted molar refractivity (Wildman–Crippen MR) is 78.9 cm³/mol. The number of nitrogens with zero attached hydrogens (tertiary/aromatic N) is 1. The van der Waals surface area contributed by atoms with Gasteiger partial charge in [-0.15, -0.1) is 0 Å². The van der Waals surface area contributed by atoms with Gasteiger partial charge in [-0.25, -0.2) is 0 Å². The molecule has 1 aliphatic heterocycles. The fraction of sp³-hybridized carbons (Fsp3) is 0.533. The fourth-order valence-electron chi connectivity index (χ4n) is 2.78. The second-order valence-electron chi connectivity index (χ2n) is 5.39. The van der Waals surface area contributed by atoms with Crippen molar-refractivity contribution in [3.63, 3.8) is 0 Å². The largest absolute Gasteiger partial charge is 0.483 e. The van der Waals surface area contributed by atoms with Crippen LogP contribution in [0.25, 0.3) is 0 Å². The Labute approximate surface area is 114 Å². The van der Waals surface area contributed by atoms with Gasteiger partial charge in [0.05, 0.1) is 11.7 Å². The van der Waals surface area contributed by atoms with Crippen molar-refractivity contribution >= 4 is 17.2 Å². The molecule has 0 atom stereocenters. The predicted octanol–water partition coefficient (Wildman–Crippen LogP) is 3.19. The lowest BCUT2D eigenvalue weighted by atomic mass is 10.1. The molecular weight excluding hydrogens is 238 g/mol. The molecule has 0 spiro atoms. The van der Waals surface area contributed by atoms with Crippen molar-refractivity contribution in [2.75, 3.05) is 17.7 Å². The Morgan fingerprint density at radius 1 is 1.16 bits per heavy atom. The third-order valence-electron chi connectivity index (χ3n) is 3.81. The van der Waals surface area contributed by atoms with Gasteiger partial charge < -0.3 is 15.8 Å². The number of nitrogens with two attached hydrogens (primary N) is 1. The summed E-state index contributed by atoms with van der Waals surface area (Å²) in [6.45, 7) is 0.521. The molecule has 0 radical (unpaired) electrons. The smallest absolute Gasteiger partial charge is 0.146 e. The first-order valence-electron chi connectivity index (χ1n) is 7.17. The van der Waals surface area contributed by atoms with Gasteiger partial charge in [0.15, 0.2) is 0 Å². The summed E-state index contributed by atoms with van der Waals surface area (Å²) < 4.78 is 5.72. The maximum Gasteiger partial charge on any atom is 0.146 e. The average molecular weight is 259 g/mol. The quantitative estimate of drug-likeness (QED) is 0.601. The van der Waals surface area contributed by atoms with Gasteiger partial charge in [-0.2, -0.15) is 0 Å². The minimum absolute atomic E-state index is 0.462. The SMILES string of the molecule is Nc1ccc2c(c1)OCC(=NC1CCCCCC1)N2. The summed E-state index contributed by atoms with van der Waals surface area (Å²) in [7, 11) is 0. The molecule has 1 aliphatic carbocycles. The number of hydrogen-bond acceptors (Lipinski definition) is 3. The van der Waals surface area contributed by atoms with Crippen molar-refractivity contribution in [3.8, 4) is 5.75 Å². The highest BCUT2D eigenvalue weighted by atomic mass is 16.5. The molecule has 3 rings (SSSR count). The monoisotopic (exact) mass is 259 g/mol. The van der Waals surface area contributed by atoms with Crippen molar-refractivity contribution in [1.29, 1.82) is 0 Å². The lowest BCUT2D eigenvalue weighted by Gasteiger charge is -2.22. The van der Waals surface area contributed by atoms with Crippen LogP contribution in [0.1, 0.15) is 38.5 Å². The number of benzene rings is 1. The van der Waals surface area contributed by atoms with E-state index in [1.807, 2.05) is 18.2 Å². The Bertz CT molecular complexity index is 476. The maximum atomic E-state index is 5.75. The van der Waals surface area contributed by atoms with Crippen molar-refractivity contribution in [1.82, 2.24) is 0 Å². The Morgan fingerprint density at radius 2 is 1.95 bits per heavy atom. The summed E-state index contributed by atoms with van der Waals surface area (Å²) in [5.41, 5.74) is 7.44. The topological polar surface area (TPSA) is 59.6 Å². The van der Waals surface area contributed by atoms with Crippen LogP contribution in [0.3, 0.4) is 0 Å². The van der Waals surface area contributed by atoms with Crippen LogP contribution in [0.5, 0.6) is 5.75 Å². The number of nitrogens with one attached hydrogen (secondary N) is 1. The van der Waals surface area contributed by atoms with Crippen LogP contribution in [0.15, 0.2) is 23.2 Å². The standard InChI is InChI=1S/C15H21N3O/c16-11-7-8-13-14(9-11)19-10-15(18-13)17-12-5-3-1-2-4-6-12/h7-9,12H,1-6,10,16H2,(H,17,18). The van der Waals surface area contributed by atoms with Gasteiger partial charge in [-0.05, 0) is 25.0 Å². The summed E-state index contributed by atoms with van der Waals surface area (Å²) in [5, 5.41) is 3.36. The van der Waals surface area contributed by atoms with E-state index in [-0.39, 0.29) is 0 Å². The van der Waals surface area contributed by atoms with E-state index >= 15 is 0 Å². The van der Waals surface area contributed by atoms with Gasteiger partial charge in [0.25, 0.3) is 0 Å². The number of rotatable bonds is 1. The molecule has 0 bridgehead atoms. The zero-order chi connectivity index (χ0) is 13.1. The van der Waals surface area contributed by atoms with Gasteiger partial charge in [0, 0.05) is 11.8 Å². The summed E-state index contributed by atoms with van der Waals surface area (Å²) in [6.07, 6.45) is 7.73. The second-order valence-corrected chi connectivity index (χ2v) is 5.39. The van der Waals surface area contributed by atoms with E-state index in [4.69, 9.17) is 15.5 Å². The number of anilines is 2. The minimum atomic E-state index is 0.462. The second kappa shape index (κ2) is 5.51. The lowest BCUT2D eigenvalue weighted by Crippen LogP contribution is -2.27. The van der Waals surface area contributed by atoms with Gasteiger partial charge in [-0.3, -0.25) is 4.99 Å². The highest BCUT2D eigenvalue weighted by molar-refractivity contribution is 5.99. The molecule has 1 aromatic rings. The Hall–Kier alpha value is -1.71. The van der Waals surface area contributed by atoms with Crippen LogP contribution in [-0.2, 0) is 0 Å². The molecule has 3 N–H and O–H groups in total. The molecule has 4 heteroatoms. The molecule has 0 aromatic heterocycles. The molecule has 4 nitrogen and oxygen atoms in total. The highest BCUT2D eigenvalue weighted by Crippen LogP contribution is 2.30. The van der Waals surface area contributed by atoms with Gasteiger partial charge in [0.1, 0.15) is 18.2 Å². The highest BCUT2D eigenvalue weighted by Gasteiger charge is 2.17. The zero-order valence-corrected chi connectivity index (χ0v) is 11.2. The number of fused-ring (bicyclic) bond motifs is 1. The molecule has 0 amide bonds. The first-order valence-corrected chi connectivity index (χ1v) is 7.17. The van der Waals surface area contributed by atoms with Crippen molar-refractivity contribution in [2.45, 2.75) is 44.6 Å². The summed E-state index contributed by atoms with van der Waals surface area (Å²) in [5.74, 6) is 1.77. The molecule has 1 saturated carbocycles. The van der Waals surface area contributed by atoms with Crippen molar-refractivity contribution < 1.29 is 4.74 Å². The third-order valence-corrected chi connectivity index (χ3v) is 3.81. The van der Waals surface area contributed by atoms with Crippen LogP contribution in [0, 0.1) is 0 Å². The van der Waals surface area contributed by atoms with E-state index in [0.29, 0.717) is 12.6 Å². The minimum Gasteiger partial charge on any atom is -0.483 e.